The Kier molecular flexibility index (Phi) is 4.32. The fourth-order valence-electron chi connectivity index (χ4n) is 0.471. The molecule has 2 nitrogen and oxygen atoms in total. The fraction of sp³-hybridized carbons (Fsp3) is 0.667. The second-order valence-electron chi connectivity index (χ2n) is 1.86. The summed E-state index contributed by atoms with van der Waals surface area (Å²) in [5, 5.41) is 0. The Hall–Kier alpha value is -0.370. The molecule has 0 aromatic rings. The van der Waals surface area contributed by atoms with E-state index in [0.717, 1.165) is 0 Å². The van der Waals surface area contributed by atoms with Gasteiger partial charge in [-0.1, -0.05) is 0 Å². The predicted octanol–water partition coefficient (Wildman–Crippen LogP) is 1.16. The van der Waals surface area contributed by atoms with Crippen molar-refractivity contribution in [3.8, 4) is 0 Å². The van der Waals surface area contributed by atoms with E-state index in [1.807, 2.05) is 0 Å². The summed E-state index contributed by atoms with van der Waals surface area (Å²) < 4.78 is 0. The first-order chi connectivity index (χ1) is 4.16. The van der Waals surface area contributed by atoms with Crippen molar-refractivity contribution in [2.75, 3.05) is 5.88 Å². The lowest BCUT2D eigenvalue weighted by Crippen LogP contribution is -2.03. The van der Waals surface area contributed by atoms with Crippen LogP contribution in [-0.2, 0) is 9.59 Å². The highest BCUT2D eigenvalue weighted by Crippen LogP contribution is 1.92. The SMILES string of the molecule is CC(=O)CC(=O)CCCl. The van der Waals surface area contributed by atoms with E-state index in [0.29, 0.717) is 12.3 Å². The summed E-state index contributed by atoms with van der Waals surface area (Å²) in [4.78, 5) is 20.8. The molecule has 0 fully saturated rings. The molecule has 52 valence electrons. The van der Waals surface area contributed by atoms with Crippen LogP contribution in [0.3, 0.4) is 0 Å². The summed E-state index contributed by atoms with van der Waals surface area (Å²) in [5.74, 6) is 0.147. The molecular weight excluding hydrogens is 140 g/mol. The number of alkyl halides is 1. The van der Waals surface area contributed by atoms with Crippen molar-refractivity contribution < 1.29 is 9.59 Å². The van der Waals surface area contributed by atoms with Gasteiger partial charge in [-0.05, 0) is 6.92 Å². The van der Waals surface area contributed by atoms with Crippen molar-refractivity contribution in [1.82, 2.24) is 0 Å². The number of halogens is 1. The van der Waals surface area contributed by atoms with E-state index in [-0.39, 0.29) is 18.0 Å². The monoisotopic (exact) mass is 148 g/mol. The lowest BCUT2D eigenvalue weighted by atomic mass is 10.2. The summed E-state index contributed by atoms with van der Waals surface area (Å²) in [6.45, 7) is 1.39. The minimum atomic E-state index is -0.0925. The minimum absolute atomic E-state index is 0.0344. The Balaban J connectivity index is 3.39. The molecule has 0 heterocycles. The van der Waals surface area contributed by atoms with Crippen LogP contribution in [0.2, 0.25) is 0 Å². The standard InChI is InChI=1S/C6H9ClO2/c1-5(8)4-6(9)2-3-7/h2-4H2,1H3. The van der Waals surface area contributed by atoms with Crippen LogP contribution < -0.4 is 0 Å². The van der Waals surface area contributed by atoms with Gasteiger partial charge in [0.2, 0.25) is 0 Å². The Morgan fingerprint density at radius 2 is 2.00 bits per heavy atom. The zero-order chi connectivity index (χ0) is 7.28. The van der Waals surface area contributed by atoms with Crippen LogP contribution in [0.25, 0.3) is 0 Å². The third-order valence-corrected chi connectivity index (χ3v) is 1.01. The van der Waals surface area contributed by atoms with Crippen molar-refractivity contribution in [2.45, 2.75) is 19.8 Å². The zero-order valence-electron chi connectivity index (χ0n) is 5.32. The molecule has 0 radical (unpaired) electrons. The number of rotatable bonds is 4. The summed E-state index contributed by atoms with van der Waals surface area (Å²) in [7, 11) is 0. The summed E-state index contributed by atoms with van der Waals surface area (Å²) in [5.41, 5.74) is 0. The average molecular weight is 149 g/mol. The Bertz CT molecular complexity index is 120. The number of hydrogen-bond donors (Lipinski definition) is 0. The van der Waals surface area contributed by atoms with Gasteiger partial charge in [0.25, 0.3) is 0 Å². The number of hydrogen-bond acceptors (Lipinski definition) is 2. The lowest BCUT2D eigenvalue weighted by molar-refractivity contribution is -0.125. The molecule has 0 unspecified atom stereocenters. The van der Waals surface area contributed by atoms with Gasteiger partial charge >= 0.3 is 0 Å². The van der Waals surface area contributed by atoms with Gasteiger partial charge < -0.3 is 0 Å². The van der Waals surface area contributed by atoms with Gasteiger partial charge in [-0.2, -0.15) is 0 Å². The molecule has 0 aromatic carbocycles. The number of carbonyl (C=O) groups is 2. The van der Waals surface area contributed by atoms with Crippen molar-refractivity contribution in [3.05, 3.63) is 0 Å². The summed E-state index contributed by atoms with van der Waals surface area (Å²) >= 11 is 5.25. The van der Waals surface area contributed by atoms with E-state index >= 15 is 0 Å². The molecule has 9 heavy (non-hydrogen) atoms. The number of carbonyl (C=O) groups excluding carboxylic acids is 2. The summed E-state index contributed by atoms with van der Waals surface area (Å²) in [6.07, 6.45) is 0.341. The van der Waals surface area contributed by atoms with Gasteiger partial charge in [0.15, 0.2) is 0 Å². The molecular formula is C6H9ClO2. The minimum Gasteiger partial charge on any atom is -0.300 e. The molecule has 0 aliphatic carbocycles. The molecule has 0 aliphatic heterocycles. The molecule has 0 bridgehead atoms. The number of ketones is 2. The molecule has 0 aromatic heterocycles. The van der Waals surface area contributed by atoms with Gasteiger partial charge in [-0.3, -0.25) is 9.59 Å². The summed E-state index contributed by atoms with van der Waals surface area (Å²) in [6, 6.07) is 0. The van der Waals surface area contributed by atoms with Gasteiger partial charge in [0.05, 0.1) is 6.42 Å². The van der Waals surface area contributed by atoms with Gasteiger partial charge in [0.1, 0.15) is 11.6 Å². The molecule has 0 saturated carbocycles. The van der Waals surface area contributed by atoms with Crippen LogP contribution in [0.4, 0.5) is 0 Å². The van der Waals surface area contributed by atoms with Crippen LogP contribution in [0.5, 0.6) is 0 Å². The molecule has 0 saturated heterocycles. The topological polar surface area (TPSA) is 34.1 Å². The largest absolute Gasteiger partial charge is 0.300 e. The third kappa shape index (κ3) is 5.50. The average Bonchev–Trinajstić information content (AvgIpc) is 1.63. The second kappa shape index (κ2) is 4.50. The number of Topliss-reactive ketones (excluding diaryl/α,β-unsaturated/α-hetero) is 2. The van der Waals surface area contributed by atoms with Gasteiger partial charge in [-0.15, -0.1) is 11.6 Å². The normalized spacial score (nSPS) is 9.11. The van der Waals surface area contributed by atoms with E-state index < -0.39 is 0 Å². The second-order valence-corrected chi connectivity index (χ2v) is 2.23. The van der Waals surface area contributed by atoms with Crippen molar-refractivity contribution in [2.24, 2.45) is 0 Å². The first-order valence-corrected chi connectivity index (χ1v) is 3.27. The Morgan fingerprint density at radius 3 is 2.33 bits per heavy atom. The molecule has 0 N–H and O–H groups in total. The van der Waals surface area contributed by atoms with Crippen molar-refractivity contribution in [1.29, 1.82) is 0 Å². The van der Waals surface area contributed by atoms with Crippen LogP contribution in [0.15, 0.2) is 0 Å². The van der Waals surface area contributed by atoms with E-state index in [1.54, 1.807) is 0 Å². The maximum Gasteiger partial charge on any atom is 0.141 e. The molecule has 0 rings (SSSR count). The molecule has 0 aliphatic rings. The highest BCUT2D eigenvalue weighted by Gasteiger charge is 2.02. The van der Waals surface area contributed by atoms with Gasteiger partial charge in [0, 0.05) is 12.3 Å². The fourth-order valence-corrected chi connectivity index (χ4v) is 0.682. The van der Waals surface area contributed by atoms with E-state index in [9.17, 15) is 9.59 Å². The highest BCUT2D eigenvalue weighted by atomic mass is 35.5. The Morgan fingerprint density at radius 1 is 1.44 bits per heavy atom. The Labute approximate surface area is 59.2 Å². The van der Waals surface area contributed by atoms with Gasteiger partial charge in [-0.25, -0.2) is 0 Å². The lowest BCUT2D eigenvalue weighted by Gasteiger charge is -1.90. The maximum absolute atomic E-state index is 10.5. The van der Waals surface area contributed by atoms with E-state index in [1.165, 1.54) is 6.92 Å². The third-order valence-electron chi connectivity index (χ3n) is 0.819. The molecule has 0 atom stereocenters. The van der Waals surface area contributed by atoms with Crippen molar-refractivity contribution in [3.63, 3.8) is 0 Å². The van der Waals surface area contributed by atoms with Crippen molar-refractivity contribution >= 4 is 23.2 Å². The smallest absolute Gasteiger partial charge is 0.141 e. The zero-order valence-corrected chi connectivity index (χ0v) is 6.07. The van der Waals surface area contributed by atoms with Crippen LogP contribution >= 0.6 is 11.6 Å². The predicted molar refractivity (Wildman–Crippen MR) is 35.6 cm³/mol. The van der Waals surface area contributed by atoms with E-state index in [2.05, 4.69) is 0 Å². The highest BCUT2D eigenvalue weighted by molar-refractivity contribution is 6.19. The maximum atomic E-state index is 10.5. The van der Waals surface area contributed by atoms with E-state index in [4.69, 9.17) is 11.6 Å². The first-order valence-electron chi connectivity index (χ1n) is 2.74. The molecule has 0 amide bonds. The van der Waals surface area contributed by atoms with Crippen LogP contribution in [0.1, 0.15) is 19.8 Å². The van der Waals surface area contributed by atoms with Crippen LogP contribution in [0, 0.1) is 0 Å². The van der Waals surface area contributed by atoms with Crippen LogP contribution in [-0.4, -0.2) is 17.4 Å². The molecule has 0 spiro atoms. The quantitative estimate of drug-likeness (QED) is 0.443. The molecule has 3 heteroatoms. The first kappa shape index (κ1) is 8.63.